The normalized spacial score (nSPS) is 56.5. The summed E-state index contributed by atoms with van der Waals surface area (Å²) >= 11 is 0. The van der Waals surface area contributed by atoms with Gasteiger partial charge in [0.05, 0.1) is 7.14 Å². The topological polar surface area (TPSA) is 74.6 Å². The lowest BCUT2D eigenvalue weighted by atomic mass is 10.2. The third-order valence-electron chi connectivity index (χ3n) is 3.02. The molecule has 0 aromatic heterocycles. The summed E-state index contributed by atoms with van der Waals surface area (Å²) in [5.41, 5.74) is -1.54. The second-order valence-corrected chi connectivity index (χ2v) is 7.33. The van der Waals surface area contributed by atoms with Gasteiger partial charge in [-0.1, -0.05) is 0 Å². The molecular weight excluding hydrogens is 179 g/mol. The maximum Gasteiger partial charge on any atom is 0.336 e. The Bertz CT molecular complexity index is 282. The van der Waals surface area contributed by atoms with Gasteiger partial charge in [0.2, 0.25) is 0 Å². The van der Waals surface area contributed by atoms with Gasteiger partial charge in [-0.15, -0.1) is 0 Å². The molecule has 4 nitrogen and oxygen atoms in total. The van der Waals surface area contributed by atoms with Crippen LogP contribution in [0.4, 0.5) is 0 Å². The Balaban J connectivity index is 2.18. The molecule has 2 rings (SSSR count). The fourth-order valence-electron chi connectivity index (χ4n) is 2.28. The van der Waals surface area contributed by atoms with Crippen LogP contribution in [0.3, 0.4) is 0 Å². The van der Waals surface area contributed by atoms with E-state index >= 15 is 0 Å². The van der Waals surface area contributed by atoms with Crippen LogP contribution in [0.25, 0.3) is 0 Å². The highest BCUT2D eigenvalue weighted by Crippen LogP contribution is 2.69. The predicted octanol–water partition coefficient (Wildman–Crippen LogP) is 0.0546. The molecule has 1 aliphatic carbocycles. The monoisotopic (exact) mass is 190 g/mol. The van der Waals surface area contributed by atoms with Gasteiger partial charge in [-0.05, 0) is 6.66 Å². The average molecular weight is 190 g/mol. The maximum atomic E-state index is 11.5. The van der Waals surface area contributed by atoms with E-state index < -0.39 is 18.7 Å². The summed E-state index contributed by atoms with van der Waals surface area (Å²) in [6.45, 7) is 1.68. The number of carbonyl (C=O) groups is 1. The Hall–Kier alpha value is -0.340. The maximum absolute atomic E-state index is 11.5. The highest BCUT2D eigenvalue weighted by Gasteiger charge is 2.74. The van der Waals surface area contributed by atoms with Crippen molar-refractivity contribution < 1.29 is 19.6 Å². The van der Waals surface area contributed by atoms with Gasteiger partial charge in [-0.2, -0.15) is 0 Å². The molecule has 0 bridgehead atoms. The van der Waals surface area contributed by atoms with E-state index in [9.17, 15) is 14.5 Å². The van der Waals surface area contributed by atoms with Crippen LogP contribution in [0, 0.1) is 11.8 Å². The number of rotatable bonds is 1. The van der Waals surface area contributed by atoms with Crippen LogP contribution in [0.5, 0.6) is 0 Å². The standard InChI is InChI=1S/C7H11O4P/c1-12(11)2-4-5(3-12)7(4,10)6(8)9/h4-5,10H,2-3H2,1H3,(H,8,9). The first-order valence-electron chi connectivity index (χ1n) is 3.89. The molecule has 12 heavy (non-hydrogen) atoms. The lowest BCUT2D eigenvalue weighted by Gasteiger charge is -2.12. The van der Waals surface area contributed by atoms with E-state index in [1.165, 1.54) is 0 Å². The molecule has 0 aromatic carbocycles. The molecule has 1 aliphatic heterocycles. The first-order chi connectivity index (χ1) is 5.38. The highest BCUT2D eigenvalue weighted by atomic mass is 31.2. The van der Waals surface area contributed by atoms with Gasteiger partial charge in [-0.25, -0.2) is 4.79 Å². The Morgan fingerprint density at radius 2 is 1.92 bits per heavy atom. The van der Waals surface area contributed by atoms with Crippen molar-refractivity contribution in [1.29, 1.82) is 0 Å². The van der Waals surface area contributed by atoms with E-state index in [1.807, 2.05) is 0 Å². The largest absolute Gasteiger partial charge is 0.479 e. The lowest BCUT2D eigenvalue weighted by molar-refractivity contribution is -0.150. The summed E-state index contributed by atoms with van der Waals surface area (Å²) in [5.74, 6) is -1.64. The number of hydrogen-bond acceptors (Lipinski definition) is 3. The van der Waals surface area contributed by atoms with Crippen molar-refractivity contribution in [2.45, 2.75) is 5.60 Å². The second-order valence-electron chi connectivity index (χ2n) is 4.01. The number of aliphatic carboxylic acids is 1. The van der Waals surface area contributed by atoms with Crippen molar-refractivity contribution in [2.75, 3.05) is 19.0 Å². The molecule has 0 radical (unpaired) electrons. The van der Waals surface area contributed by atoms with Crippen LogP contribution in [0.15, 0.2) is 0 Å². The van der Waals surface area contributed by atoms with Crippen LogP contribution >= 0.6 is 7.14 Å². The van der Waals surface area contributed by atoms with Gasteiger partial charge in [0, 0.05) is 24.2 Å². The van der Waals surface area contributed by atoms with Crippen molar-refractivity contribution in [3.63, 3.8) is 0 Å². The number of fused-ring (bicyclic) bond motifs is 1. The van der Waals surface area contributed by atoms with Crippen LogP contribution < -0.4 is 0 Å². The van der Waals surface area contributed by atoms with Gasteiger partial charge < -0.3 is 14.8 Å². The number of carboxylic acids is 1. The summed E-state index contributed by atoms with van der Waals surface area (Å²) in [7, 11) is -2.09. The second kappa shape index (κ2) is 1.94. The van der Waals surface area contributed by atoms with Crippen LogP contribution in [0.1, 0.15) is 0 Å². The van der Waals surface area contributed by atoms with Gasteiger partial charge in [0.15, 0.2) is 5.60 Å². The molecule has 0 spiro atoms. The minimum Gasteiger partial charge on any atom is -0.479 e. The number of carboxylic acid groups (broad SMARTS) is 1. The molecule has 1 saturated heterocycles. The third-order valence-corrected chi connectivity index (χ3v) is 5.35. The van der Waals surface area contributed by atoms with E-state index in [-0.39, 0.29) is 11.8 Å². The first kappa shape index (κ1) is 8.27. The molecule has 0 aromatic rings. The summed E-state index contributed by atoms with van der Waals surface area (Å²) in [5, 5.41) is 18.1. The summed E-state index contributed by atoms with van der Waals surface area (Å²) in [6.07, 6.45) is 0.806. The Morgan fingerprint density at radius 3 is 2.25 bits per heavy atom. The average Bonchev–Trinajstić information content (AvgIpc) is 2.38. The minimum absolute atomic E-state index is 0.245. The van der Waals surface area contributed by atoms with Gasteiger partial charge in [0.25, 0.3) is 0 Å². The minimum atomic E-state index is -2.09. The zero-order valence-corrected chi connectivity index (χ0v) is 7.62. The molecule has 1 saturated carbocycles. The van der Waals surface area contributed by atoms with Crippen LogP contribution in [-0.2, 0) is 9.36 Å². The quantitative estimate of drug-likeness (QED) is 0.573. The Kier molecular flexibility index (Phi) is 1.33. The van der Waals surface area contributed by atoms with Crippen molar-refractivity contribution in [1.82, 2.24) is 0 Å². The molecule has 2 unspecified atom stereocenters. The van der Waals surface area contributed by atoms with Crippen molar-refractivity contribution in [2.24, 2.45) is 11.8 Å². The number of aliphatic hydroxyl groups is 1. The predicted molar refractivity (Wildman–Crippen MR) is 42.8 cm³/mol. The Labute approximate surface area is 70.0 Å². The first-order valence-corrected chi connectivity index (χ1v) is 6.42. The molecular formula is C7H11O4P. The third kappa shape index (κ3) is 0.824. The zero-order valence-electron chi connectivity index (χ0n) is 6.73. The van der Waals surface area contributed by atoms with E-state index in [1.54, 1.807) is 6.66 Å². The van der Waals surface area contributed by atoms with Crippen LogP contribution in [-0.4, -0.2) is 40.8 Å². The fraction of sp³-hybridized carbons (Fsp3) is 0.857. The van der Waals surface area contributed by atoms with E-state index in [4.69, 9.17) is 5.11 Å². The van der Waals surface area contributed by atoms with Gasteiger partial charge >= 0.3 is 5.97 Å². The Morgan fingerprint density at radius 1 is 1.50 bits per heavy atom. The SMILES string of the molecule is CP1(=O)CC2C(C1)C2(O)C(=O)O. The van der Waals surface area contributed by atoms with Crippen molar-refractivity contribution >= 4 is 13.1 Å². The zero-order chi connectivity index (χ0) is 9.15. The smallest absolute Gasteiger partial charge is 0.336 e. The van der Waals surface area contributed by atoms with Crippen molar-refractivity contribution in [3.8, 4) is 0 Å². The summed E-state index contributed by atoms with van der Waals surface area (Å²) in [6, 6.07) is 0. The summed E-state index contributed by atoms with van der Waals surface area (Å²) < 4.78 is 11.5. The fourth-order valence-corrected chi connectivity index (χ4v) is 5.16. The van der Waals surface area contributed by atoms with E-state index in [2.05, 4.69) is 0 Å². The molecule has 2 N–H and O–H groups in total. The van der Waals surface area contributed by atoms with E-state index in [0.717, 1.165) is 0 Å². The van der Waals surface area contributed by atoms with E-state index in [0.29, 0.717) is 12.3 Å². The lowest BCUT2D eigenvalue weighted by Crippen LogP contribution is -2.29. The molecule has 2 atom stereocenters. The molecule has 1 heterocycles. The van der Waals surface area contributed by atoms with Gasteiger partial charge in [-0.3, -0.25) is 0 Å². The highest BCUT2D eigenvalue weighted by molar-refractivity contribution is 7.63. The van der Waals surface area contributed by atoms with Crippen LogP contribution in [0.2, 0.25) is 0 Å². The summed E-state index contributed by atoms with van der Waals surface area (Å²) in [4.78, 5) is 10.6. The molecule has 68 valence electrons. The van der Waals surface area contributed by atoms with Crippen molar-refractivity contribution in [3.05, 3.63) is 0 Å². The molecule has 5 heteroatoms. The molecule has 2 fully saturated rings. The number of hydrogen-bond donors (Lipinski definition) is 2. The molecule has 0 amide bonds. The van der Waals surface area contributed by atoms with Gasteiger partial charge in [0.1, 0.15) is 0 Å². The molecule has 2 aliphatic rings.